The van der Waals surface area contributed by atoms with Crippen molar-refractivity contribution >= 4 is 5.91 Å². The molecule has 0 spiro atoms. The third-order valence-corrected chi connectivity index (χ3v) is 2.91. The zero-order valence-electron chi connectivity index (χ0n) is 10.7. The van der Waals surface area contributed by atoms with Gasteiger partial charge in [0, 0.05) is 6.04 Å². The molecule has 98 valence electrons. The van der Waals surface area contributed by atoms with Crippen molar-refractivity contribution in [3.63, 3.8) is 0 Å². The predicted molar refractivity (Wildman–Crippen MR) is 67.4 cm³/mol. The fourth-order valence-electron chi connectivity index (χ4n) is 1.97. The molecule has 0 aromatic heterocycles. The largest absolute Gasteiger partial charge is 0.379 e. The normalized spacial score (nSPS) is 22.2. The maximum absolute atomic E-state index is 12.3. The molecule has 1 amide bonds. The number of amides is 1. The average molecular weight is 249 g/mol. The van der Waals surface area contributed by atoms with Gasteiger partial charge in [-0.3, -0.25) is 4.79 Å². The van der Waals surface area contributed by atoms with Crippen LogP contribution in [0.2, 0.25) is 0 Å². The second-order valence-corrected chi connectivity index (χ2v) is 4.26. The first kappa shape index (κ1) is 14.5. The maximum atomic E-state index is 12.3. The minimum absolute atomic E-state index is 0.0245. The van der Waals surface area contributed by atoms with E-state index < -0.39 is 0 Å². The van der Waals surface area contributed by atoms with E-state index in [1.54, 1.807) is 0 Å². The van der Waals surface area contributed by atoms with Gasteiger partial charge in [0.05, 0.1) is 31.7 Å². The summed E-state index contributed by atoms with van der Waals surface area (Å²) in [6.45, 7) is 4.05. The van der Waals surface area contributed by atoms with Crippen molar-refractivity contribution in [3.8, 4) is 18.4 Å². The first-order valence-electron chi connectivity index (χ1n) is 6.14. The summed E-state index contributed by atoms with van der Waals surface area (Å²) < 4.78 is 5.35. The van der Waals surface area contributed by atoms with Gasteiger partial charge in [0.15, 0.2) is 0 Å². The molecule has 18 heavy (non-hydrogen) atoms. The molecular weight excluding hydrogens is 230 g/mol. The van der Waals surface area contributed by atoms with Crippen LogP contribution in [0.4, 0.5) is 0 Å². The van der Waals surface area contributed by atoms with Crippen molar-refractivity contribution in [3.05, 3.63) is 0 Å². The average Bonchev–Trinajstić information content (AvgIpc) is 2.83. The summed E-state index contributed by atoms with van der Waals surface area (Å²) in [7, 11) is 0. The Morgan fingerprint density at radius 1 is 1.56 bits per heavy atom. The minimum Gasteiger partial charge on any atom is -0.379 e. The lowest BCUT2D eigenvalue weighted by Crippen LogP contribution is -2.46. The Morgan fingerprint density at radius 3 is 2.94 bits per heavy atom. The topological polar surface area (TPSA) is 65.4 Å². The smallest absolute Gasteiger partial charge is 0.231 e. The highest BCUT2D eigenvalue weighted by molar-refractivity contribution is 5.80. The van der Waals surface area contributed by atoms with E-state index in [1.165, 1.54) is 4.90 Å². The molecule has 0 saturated carbocycles. The number of nitrogens with one attached hydrogen (secondary N) is 1. The molecule has 0 aromatic rings. The van der Waals surface area contributed by atoms with E-state index in [4.69, 9.17) is 16.4 Å². The Balaban J connectivity index is 2.62. The Kier molecular flexibility index (Phi) is 6.21. The molecule has 1 aliphatic heterocycles. The van der Waals surface area contributed by atoms with Crippen LogP contribution in [0.15, 0.2) is 0 Å². The standard InChI is InChI=1S/C13H19N3O2/c1-3-6-15-12-10-18-9-11(12)13(17)16(7-4-2)8-5-14/h2,11-12,15H,3,6-10H2,1H3. The fourth-order valence-corrected chi connectivity index (χ4v) is 1.97. The lowest BCUT2D eigenvalue weighted by molar-refractivity contribution is -0.134. The molecule has 0 bridgehead atoms. The van der Waals surface area contributed by atoms with Crippen LogP contribution in [0.25, 0.3) is 0 Å². The number of rotatable bonds is 6. The van der Waals surface area contributed by atoms with E-state index in [0.29, 0.717) is 13.2 Å². The molecule has 5 nitrogen and oxygen atoms in total. The number of hydrogen-bond acceptors (Lipinski definition) is 4. The third kappa shape index (κ3) is 3.73. The Bertz CT molecular complexity index is 340. The van der Waals surface area contributed by atoms with Gasteiger partial charge in [-0.1, -0.05) is 12.8 Å². The zero-order chi connectivity index (χ0) is 13.4. The molecule has 1 fully saturated rings. The van der Waals surface area contributed by atoms with Crippen molar-refractivity contribution in [1.29, 1.82) is 5.26 Å². The maximum Gasteiger partial charge on any atom is 0.231 e. The summed E-state index contributed by atoms with van der Waals surface area (Å²) in [5.74, 6) is 2.07. The monoisotopic (exact) mass is 249 g/mol. The number of terminal acetylenes is 1. The van der Waals surface area contributed by atoms with Crippen molar-refractivity contribution in [1.82, 2.24) is 10.2 Å². The van der Waals surface area contributed by atoms with Crippen LogP contribution in [-0.2, 0) is 9.53 Å². The van der Waals surface area contributed by atoms with Crippen molar-refractivity contribution in [2.45, 2.75) is 19.4 Å². The quantitative estimate of drug-likeness (QED) is 0.531. The highest BCUT2D eigenvalue weighted by atomic mass is 16.5. The van der Waals surface area contributed by atoms with E-state index in [-0.39, 0.29) is 31.0 Å². The molecule has 1 saturated heterocycles. The predicted octanol–water partition coefficient (Wildman–Crippen LogP) is -0.0136. The van der Waals surface area contributed by atoms with Gasteiger partial charge in [0.2, 0.25) is 5.91 Å². The van der Waals surface area contributed by atoms with Crippen LogP contribution in [0.1, 0.15) is 13.3 Å². The molecule has 1 heterocycles. The molecule has 1 aliphatic rings. The Morgan fingerprint density at radius 2 is 2.33 bits per heavy atom. The summed E-state index contributed by atoms with van der Waals surface area (Å²) in [6.07, 6.45) is 6.21. The number of hydrogen-bond donors (Lipinski definition) is 1. The molecule has 0 aromatic carbocycles. The first-order valence-corrected chi connectivity index (χ1v) is 6.14. The number of carbonyl (C=O) groups is 1. The number of ether oxygens (including phenoxy) is 1. The lowest BCUT2D eigenvalue weighted by Gasteiger charge is -2.24. The van der Waals surface area contributed by atoms with Gasteiger partial charge in [-0.05, 0) is 13.0 Å². The second kappa shape index (κ2) is 7.71. The molecule has 0 aliphatic carbocycles. The SMILES string of the molecule is C#CCN(CC#N)C(=O)C1COCC1NCCC. The van der Waals surface area contributed by atoms with Crippen LogP contribution < -0.4 is 5.32 Å². The van der Waals surface area contributed by atoms with E-state index in [9.17, 15) is 4.79 Å². The molecule has 1 N–H and O–H groups in total. The number of nitriles is 1. The molecule has 1 rings (SSSR count). The summed E-state index contributed by atoms with van der Waals surface area (Å²) >= 11 is 0. The lowest BCUT2D eigenvalue weighted by atomic mass is 10.0. The molecule has 2 atom stereocenters. The van der Waals surface area contributed by atoms with Gasteiger partial charge in [0.1, 0.15) is 6.54 Å². The molecule has 2 unspecified atom stereocenters. The Hall–Kier alpha value is -1.56. The highest BCUT2D eigenvalue weighted by Gasteiger charge is 2.35. The summed E-state index contributed by atoms with van der Waals surface area (Å²) in [4.78, 5) is 13.7. The summed E-state index contributed by atoms with van der Waals surface area (Å²) in [6, 6.07) is 1.99. The Labute approximate surface area is 108 Å². The van der Waals surface area contributed by atoms with Gasteiger partial charge >= 0.3 is 0 Å². The van der Waals surface area contributed by atoms with E-state index >= 15 is 0 Å². The van der Waals surface area contributed by atoms with Crippen molar-refractivity contribution in [2.24, 2.45) is 5.92 Å². The van der Waals surface area contributed by atoms with E-state index in [0.717, 1.165) is 13.0 Å². The van der Waals surface area contributed by atoms with Gasteiger partial charge in [-0.2, -0.15) is 5.26 Å². The molecule has 5 heteroatoms. The van der Waals surface area contributed by atoms with Gasteiger partial charge in [-0.25, -0.2) is 0 Å². The zero-order valence-corrected chi connectivity index (χ0v) is 10.7. The van der Waals surface area contributed by atoms with Gasteiger partial charge in [-0.15, -0.1) is 6.42 Å². The van der Waals surface area contributed by atoms with Crippen molar-refractivity contribution < 1.29 is 9.53 Å². The van der Waals surface area contributed by atoms with Crippen LogP contribution >= 0.6 is 0 Å². The molecular formula is C13H19N3O2. The van der Waals surface area contributed by atoms with Crippen LogP contribution in [-0.4, -0.2) is 49.7 Å². The van der Waals surface area contributed by atoms with Crippen molar-refractivity contribution in [2.75, 3.05) is 32.8 Å². The first-order chi connectivity index (χ1) is 8.74. The fraction of sp³-hybridized carbons (Fsp3) is 0.692. The second-order valence-electron chi connectivity index (χ2n) is 4.26. The van der Waals surface area contributed by atoms with Crippen LogP contribution in [0.5, 0.6) is 0 Å². The minimum atomic E-state index is -0.238. The molecule has 0 radical (unpaired) electrons. The number of carbonyl (C=O) groups excluding carboxylic acids is 1. The summed E-state index contributed by atoms with van der Waals surface area (Å²) in [5.41, 5.74) is 0. The van der Waals surface area contributed by atoms with Crippen LogP contribution in [0.3, 0.4) is 0 Å². The third-order valence-electron chi connectivity index (χ3n) is 2.91. The van der Waals surface area contributed by atoms with Gasteiger partial charge in [0.25, 0.3) is 0 Å². The van der Waals surface area contributed by atoms with E-state index in [2.05, 4.69) is 18.2 Å². The highest BCUT2D eigenvalue weighted by Crippen LogP contribution is 2.16. The van der Waals surface area contributed by atoms with Gasteiger partial charge < -0.3 is 15.0 Å². The number of nitrogens with zero attached hydrogens (tertiary/aromatic N) is 2. The summed E-state index contributed by atoms with van der Waals surface area (Å²) in [5, 5.41) is 12.0. The van der Waals surface area contributed by atoms with Crippen LogP contribution in [0, 0.1) is 29.6 Å². The van der Waals surface area contributed by atoms with E-state index in [1.807, 2.05) is 6.07 Å².